The summed E-state index contributed by atoms with van der Waals surface area (Å²) in [7, 11) is 1.76. The quantitative estimate of drug-likeness (QED) is 0.385. The van der Waals surface area contributed by atoms with Crippen molar-refractivity contribution in [1.82, 2.24) is 0 Å². The fraction of sp³-hybridized carbons (Fsp3) is 0.552. The van der Waals surface area contributed by atoms with E-state index in [1.807, 2.05) is 6.07 Å². The van der Waals surface area contributed by atoms with Gasteiger partial charge in [-0.3, -0.25) is 4.79 Å². The van der Waals surface area contributed by atoms with E-state index in [4.69, 9.17) is 9.47 Å². The molecule has 3 heteroatoms. The highest BCUT2D eigenvalue weighted by Gasteiger charge is 2.63. The Bertz CT molecular complexity index is 1070. The zero-order valence-corrected chi connectivity index (χ0v) is 20.2. The van der Waals surface area contributed by atoms with E-state index in [0.717, 1.165) is 17.2 Å². The number of benzene rings is 2. The molecule has 0 radical (unpaired) electrons. The number of hydrogen-bond acceptors (Lipinski definition) is 3. The topological polar surface area (TPSA) is 35.5 Å². The first-order chi connectivity index (χ1) is 15.2. The molecule has 0 aromatic heterocycles. The maximum Gasteiger partial charge on any atom is 0.308 e. The SMILES string of the molecule is CCC12CC3CC(c4ccc(OC)c(C)c4)(C1)CC(c1ccc(OC(C)=O)c(C)c1)(C3)C2. The number of methoxy groups -OCH3 is 1. The summed E-state index contributed by atoms with van der Waals surface area (Å²) in [6, 6.07) is 13.5. The molecule has 6 rings (SSSR count). The van der Waals surface area contributed by atoms with Gasteiger partial charge in [0.25, 0.3) is 0 Å². The average Bonchev–Trinajstić information content (AvgIpc) is 2.74. The molecular weight excluding hydrogens is 396 g/mol. The Morgan fingerprint density at radius 2 is 1.47 bits per heavy atom. The standard InChI is InChI=1S/C29H36O3/c1-6-27-13-22-14-28(16-27,23-7-9-25(31-5)19(2)11-23)18-29(15-22,17-27)24-8-10-26(20(3)12-24)32-21(4)30/h7-12,22H,6,13-18H2,1-5H3. The maximum absolute atomic E-state index is 11.5. The van der Waals surface area contributed by atoms with Gasteiger partial charge in [-0.25, -0.2) is 0 Å². The van der Waals surface area contributed by atoms with Crippen molar-refractivity contribution in [2.24, 2.45) is 11.3 Å². The molecule has 0 aliphatic heterocycles. The summed E-state index contributed by atoms with van der Waals surface area (Å²) in [5.74, 6) is 2.20. The van der Waals surface area contributed by atoms with E-state index in [-0.39, 0.29) is 16.8 Å². The summed E-state index contributed by atoms with van der Waals surface area (Å²) in [5.41, 5.74) is 6.14. The molecule has 2 aromatic carbocycles. The number of aryl methyl sites for hydroxylation is 2. The molecule has 4 aliphatic carbocycles. The van der Waals surface area contributed by atoms with E-state index in [9.17, 15) is 4.79 Å². The van der Waals surface area contributed by atoms with Crippen LogP contribution in [0.25, 0.3) is 0 Å². The van der Waals surface area contributed by atoms with Crippen molar-refractivity contribution < 1.29 is 14.3 Å². The van der Waals surface area contributed by atoms with Gasteiger partial charge in [-0.15, -0.1) is 0 Å². The van der Waals surface area contributed by atoms with E-state index in [0.29, 0.717) is 11.2 Å². The van der Waals surface area contributed by atoms with Gasteiger partial charge in [-0.1, -0.05) is 37.6 Å². The summed E-state index contributed by atoms with van der Waals surface area (Å²) in [6.45, 7) is 8.12. The molecule has 4 atom stereocenters. The average molecular weight is 433 g/mol. The normalized spacial score (nSPS) is 32.7. The lowest BCUT2D eigenvalue weighted by molar-refractivity contribution is -0.131. The van der Waals surface area contributed by atoms with E-state index in [1.165, 1.54) is 68.6 Å². The number of esters is 1. The first-order valence-corrected chi connectivity index (χ1v) is 12.2. The Labute approximate surface area is 192 Å². The van der Waals surface area contributed by atoms with Crippen molar-refractivity contribution in [3.05, 3.63) is 58.7 Å². The summed E-state index contributed by atoms with van der Waals surface area (Å²) in [6.07, 6.45) is 9.06. The number of carbonyl (C=O) groups is 1. The number of carbonyl (C=O) groups excluding carboxylic acids is 1. The molecule has 0 saturated heterocycles. The minimum absolute atomic E-state index is 0.211. The molecule has 4 unspecified atom stereocenters. The van der Waals surface area contributed by atoms with Crippen molar-refractivity contribution in [3.63, 3.8) is 0 Å². The van der Waals surface area contributed by atoms with Gasteiger partial charge in [0.05, 0.1) is 7.11 Å². The number of rotatable bonds is 5. The van der Waals surface area contributed by atoms with Crippen LogP contribution in [-0.2, 0) is 15.6 Å². The van der Waals surface area contributed by atoms with E-state index in [2.05, 4.69) is 51.1 Å². The van der Waals surface area contributed by atoms with Gasteiger partial charge in [-0.05, 0) is 109 Å². The highest BCUT2D eigenvalue weighted by Crippen LogP contribution is 2.71. The molecule has 2 aromatic rings. The Balaban J connectivity index is 1.59. The van der Waals surface area contributed by atoms with E-state index < -0.39 is 0 Å². The lowest BCUT2D eigenvalue weighted by atomic mass is 9.37. The highest BCUT2D eigenvalue weighted by atomic mass is 16.5. The Morgan fingerprint density at radius 1 is 0.906 bits per heavy atom. The summed E-state index contributed by atoms with van der Waals surface area (Å²) in [5, 5.41) is 0. The van der Waals surface area contributed by atoms with Crippen molar-refractivity contribution in [2.75, 3.05) is 7.11 Å². The van der Waals surface area contributed by atoms with Gasteiger partial charge in [-0.2, -0.15) is 0 Å². The smallest absolute Gasteiger partial charge is 0.308 e. The van der Waals surface area contributed by atoms with Crippen LogP contribution in [0.3, 0.4) is 0 Å². The van der Waals surface area contributed by atoms with Gasteiger partial charge >= 0.3 is 5.97 Å². The van der Waals surface area contributed by atoms with Gasteiger partial charge in [0, 0.05) is 6.92 Å². The fourth-order valence-electron chi connectivity index (χ4n) is 8.13. The van der Waals surface area contributed by atoms with E-state index in [1.54, 1.807) is 7.11 Å². The van der Waals surface area contributed by atoms with Crippen LogP contribution in [0.5, 0.6) is 11.5 Å². The molecule has 3 nitrogen and oxygen atoms in total. The zero-order chi connectivity index (χ0) is 22.7. The second-order valence-corrected chi connectivity index (χ2v) is 11.2. The van der Waals surface area contributed by atoms with E-state index >= 15 is 0 Å². The Morgan fingerprint density at radius 3 is 1.94 bits per heavy atom. The first kappa shape index (κ1) is 21.6. The maximum atomic E-state index is 11.5. The second kappa shape index (κ2) is 7.37. The van der Waals surface area contributed by atoms with Crippen LogP contribution in [-0.4, -0.2) is 13.1 Å². The minimum Gasteiger partial charge on any atom is -0.496 e. The predicted molar refractivity (Wildman–Crippen MR) is 127 cm³/mol. The third-order valence-electron chi connectivity index (χ3n) is 8.98. The van der Waals surface area contributed by atoms with Crippen LogP contribution in [0.2, 0.25) is 0 Å². The third kappa shape index (κ3) is 3.27. The number of ether oxygens (including phenoxy) is 2. The van der Waals surface area contributed by atoms with Crippen molar-refractivity contribution >= 4 is 5.97 Å². The molecule has 4 fully saturated rings. The van der Waals surface area contributed by atoms with Crippen LogP contribution < -0.4 is 9.47 Å². The minimum atomic E-state index is -0.255. The second-order valence-electron chi connectivity index (χ2n) is 11.2. The van der Waals surface area contributed by atoms with Crippen LogP contribution >= 0.6 is 0 Å². The van der Waals surface area contributed by atoms with Crippen LogP contribution in [0.1, 0.15) is 81.0 Å². The molecule has 32 heavy (non-hydrogen) atoms. The van der Waals surface area contributed by atoms with Crippen LogP contribution in [0, 0.1) is 25.2 Å². The predicted octanol–water partition coefficient (Wildman–Crippen LogP) is 6.81. The van der Waals surface area contributed by atoms with Gasteiger partial charge in [0.15, 0.2) is 0 Å². The van der Waals surface area contributed by atoms with Gasteiger partial charge in [0.1, 0.15) is 11.5 Å². The highest BCUT2D eigenvalue weighted by molar-refractivity contribution is 5.69. The Hall–Kier alpha value is -2.29. The molecule has 0 spiro atoms. The molecule has 4 saturated carbocycles. The van der Waals surface area contributed by atoms with Crippen LogP contribution in [0.4, 0.5) is 0 Å². The monoisotopic (exact) mass is 432 g/mol. The van der Waals surface area contributed by atoms with Crippen molar-refractivity contribution in [1.29, 1.82) is 0 Å². The molecule has 0 N–H and O–H groups in total. The molecular formula is C29H36O3. The van der Waals surface area contributed by atoms with Crippen LogP contribution in [0.15, 0.2) is 36.4 Å². The van der Waals surface area contributed by atoms with Crippen molar-refractivity contribution in [2.45, 2.75) is 83.5 Å². The van der Waals surface area contributed by atoms with Gasteiger partial charge in [0.2, 0.25) is 0 Å². The number of hydrogen-bond donors (Lipinski definition) is 0. The largest absolute Gasteiger partial charge is 0.496 e. The van der Waals surface area contributed by atoms with Gasteiger partial charge < -0.3 is 9.47 Å². The summed E-state index contributed by atoms with van der Waals surface area (Å²) < 4.78 is 11.0. The summed E-state index contributed by atoms with van der Waals surface area (Å²) in [4.78, 5) is 11.5. The molecule has 4 bridgehead atoms. The Kier molecular flexibility index (Phi) is 4.96. The molecule has 4 aliphatic rings. The molecule has 0 heterocycles. The first-order valence-electron chi connectivity index (χ1n) is 12.2. The lowest BCUT2D eigenvalue weighted by Crippen LogP contribution is -2.60. The third-order valence-corrected chi connectivity index (χ3v) is 8.98. The lowest BCUT2D eigenvalue weighted by Gasteiger charge is -2.67. The zero-order valence-electron chi connectivity index (χ0n) is 20.2. The van der Waals surface area contributed by atoms with Crippen molar-refractivity contribution in [3.8, 4) is 11.5 Å². The fourth-order valence-corrected chi connectivity index (χ4v) is 8.13. The summed E-state index contributed by atoms with van der Waals surface area (Å²) >= 11 is 0. The molecule has 170 valence electrons. The molecule has 0 amide bonds.